The summed E-state index contributed by atoms with van der Waals surface area (Å²) in [6.07, 6.45) is 1.65. The second-order valence-electron chi connectivity index (χ2n) is 5.55. The van der Waals surface area contributed by atoms with Gasteiger partial charge in [0.1, 0.15) is 18.1 Å². The highest BCUT2D eigenvalue weighted by Crippen LogP contribution is 2.19. The molecule has 10 heteroatoms. The molecule has 0 aliphatic heterocycles. The van der Waals surface area contributed by atoms with E-state index < -0.39 is 4.92 Å². The summed E-state index contributed by atoms with van der Waals surface area (Å²) in [5, 5.41) is 17.5. The molecule has 9 nitrogen and oxygen atoms in total. The van der Waals surface area contributed by atoms with E-state index in [1.165, 1.54) is 24.3 Å². The van der Waals surface area contributed by atoms with E-state index >= 15 is 0 Å². The maximum Gasteiger partial charge on any atom is 0.287 e. The van der Waals surface area contributed by atoms with Gasteiger partial charge in [-0.25, -0.2) is 0 Å². The van der Waals surface area contributed by atoms with Gasteiger partial charge in [0.2, 0.25) is 0 Å². The second kappa shape index (κ2) is 8.04. The molecule has 1 aromatic carbocycles. The molecule has 0 saturated carbocycles. The molecular formula is C17H15BrN4O5. The third-order valence-electron chi connectivity index (χ3n) is 3.74. The number of rotatable bonds is 7. The van der Waals surface area contributed by atoms with E-state index in [0.29, 0.717) is 18.1 Å². The molecule has 0 unspecified atom stereocenters. The molecule has 1 amide bonds. The Morgan fingerprint density at radius 2 is 2.07 bits per heavy atom. The fraction of sp³-hybridized carbons (Fsp3) is 0.176. The number of hydrogen-bond donors (Lipinski definition) is 1. The SMILES string of the molecule is Cn1ncc(Br)c1CNC(=O)c1ccc(COc2ccc([N+](=O)[O-])cc2)o1. The zero-order chi connectivity index (χ0) is 19.4. The Kier molecular flexibility index (Phi) is 5.55. The highest BCUT2D eigenvalue weighted by molar-refractivity contribution is 9.10. The fourth-order valence-electron chi connectivity index (χ4n) is 2.28. The number of furan rings is 1. The zero-order valence-electron chi connectivity index (χ0n) is 14.2. The van der Waals surface area contributed by atoms with Crippen molar-refractivity contribution >= 4 is 27.5 Å². The Bertz CT molecular complexity index is 945. The highest BCUT2D eigenvalue weighted by Gasteiger charge is 2.14. The first-order chi connectivity index (χ1) is 12.9. The van der Waals surface area contributed by atoms with Crippen molar-refractivity contribution in [1.82, 2.24) is 15.1 Å². The van der Waals surface area contributed by atoms with Gasteiger partial charge in [0.05, 0.1) is 27.8 Å². The van der Waals surface area contributed by atoms with Crippen LogP contribution in [0.2, 0.25) is 0 Å². The molecule has 3 aromatic rings. The maximum atomic E-state index is 12.2. The summed E-state index contributed by atoms with van der Waals surface area (Å²) in [5.41, 5.74) is 0.816. The molecule has 0 aliphatic rings. The number of non-ortho nitro benzene ring substituents is 1. The van der Waals surface area contributed by atoms with Gasteiger partial charge >= 0.3 is 0 Å². The topological polar surface area (TPSA) is 112 Å². The van der Waals surface area contributed by atoms with Gasteiger partial charge in [-0.3, -0.25) is 19.6 Å². The molecule has 140 valence electrons. The van der Waals surface area contributed by atoms with Crippen LogP contribution in [0, 0.1) is 10.1 Å². The lowest BCUT2D eigenvalue weighted by molar-refractivity contribution is -0.384. The predicted octanol–water partition coefficient (Wildman–Crippen LogP) is 3.19. The first-order valence-electron chi connectivity index (χ1n) is 7.84. The summed E-state index contributed by atoms with van der Waals surface area (Å²) in [5.74, 6) is 0.726. The highest BCUT2D eigenvalue weighted by atomic mass is 79.9. The van der Waals surface area contributed by atoms with Crippen molar-refractivity contribution < 1.29 is 18.9 Å². The summed E-state index contributed by atoms with van der Waals surface area (Å²) in [6.45, 7) is 0.392. The number of nitrogens with zero attached hydrogens (tertiary/aromatic N) is 3. The van der Waals surface area contributed by atoms with Crippen LogP contribution in [0.4, 0.5) is 5.69 Å². The molecule has 0 bridgehead atoms. The Balaban J connectivity index is 1.54. The third-order valence-corrected chi connectivity index (χ3v) is 4.40. The van der Waals surface area contributed by atoms with Crippen LogP contribution < -0.4 is 10.1 Å². The zero-order valence-corrected chi connectivity index (χ0v) is 15.8. The van der Waals surface area contributed by atoms with Crippen LogP contribution in [-0.2, 0) is 20.2 Å². The van der Waals surface area contributed by atoms with Crippen molar-refractivity contribution in [3.05, 3.63) is 74.4 Å². The van der Waals surface area contributed by atoms with Crippen LogP contribution in [0.1, 0.15) is 22.0 Å². The lowest BCUT2D eigenvalue weighted by Gasteiger charge is -2.05. The number of amides is 1. The lowest BCUT2D eigenvalue weighted by atomic mass is 10.3. The molecule has 0 saturated heterocycles. The van der Waals surface area contributed by atoms with Crippen LogP contribution in [0.3, 0.4) is 0 Å². The summed E-state index contributed by atoms with van der Waals surface area (Å²) in [4.78, 5) is 22.3. The smallest absolute Gasteiger partial charge is 0.287 e. The number of nitro groups is 1. The molecule has 0 fully saturated rings. The first-order valence-corrected chi connectivity index (χ1v) is 8.64. The van der Waals surface area contributed by atoms with E-state index in [1.807, 2.05) is 0 Å². The van der Waals surface area contributed by atoms with Gasteiger partial charge in [0.25, 0.3) is 11.6 Å². The molecular weight excluding hydrogens is 420 g/mol. The number of carbonyl (C=O) groups is 1. The molecule has 2 aromatic heterocycles. The number of carbonyl (C=O) groups excluding carboxylic acids is 1. The number of aromatic nitrogens is 2. The fourth-order valence-corrected chi connectivity index (χ4v) is 2.77. The summed E-state index contributed by atoms with van der Waals surface area (Å²) in [7, 11) is 1.78. The monoisotopic (exact) mass is 434 g/mol. The summed E-state index contributed by atoms with van der Waals surface area (Å²) in [6, 6.07) is 8.91. The van der Waals surface area contributed by atoms with E-state index in [4.69, 9.17) is 9.15 Å². The molecule has 2 heterocycles. The van der Waals surface area contributed by atoms with Crippen molar-refractivity contribution in [1.29, 1.82) is 0 Å². The number of nitro benzene ring substituents is 1. The quantitative estimate of drug-likeness (QED) is 0.451. The summed E-state index contributed by atoms with van der Waals surface area (Å²) < 4.78 is 13.5. The van der Waals surface area contributed by atoms with Gasteiger partial charge in [-0.1, -0.05) is 0 Å². The van der Waals surface area contributed by atoms with E-state index in [9.17, 15) is 14.9 Å². The molecule has 0 atom stereocenters. The average molecular weight is 435 g/mol. The molecule has 3 rings (SSSR count). The molecule has 0 radical (unpaired) electrons. The van der Waals surface area contributed by atoms with Gasteiger partial charge in [-0.05, 0) is 40.2 Å². The number of nitrogens with one attached hydrogen (secondary N) is 1. The van der Waals surface area contributed by atoms with Crippen molar-refractivity contribution in [2.75, 3.05) is 0 Å². The lowest BCUT2D eigenvalue weighted by Crippen LogP contribution is -2.23. The van der Waals surface area contributed by atoms with Crippen LogP contribution in [0.15, 0.2) is 51.5 Å². The number of aryl methyl sites for hydroxylation is 1. The summed E-state index contributed by atoms with van der Waals surface area (Å²) >= 11 is 3.37. The molecule has 0 spiro atoms. The van der Waals surface area contributed by atoms with Crippen LogP contribution in [0.25, 0.3) is 0 Å². The number of benzene rings is 1. The van der Waals surface area contributed by atoms with E-state index in [1.54, 1.807) is 30.1 Å². The van der Waals surface area contributed by atoms with Crippen LogP contribution in [0.5, 0.6) is 5.75 Å². The second-order valence-corrected chi connectivity index (χ2v) is 6.41. The minimum Gasteiger partial charge on any atom is -0.486 e. The van der Waals surface area contributed by atoms with Gasteiger partial charge in [0, 0.05) is 19.2 Å². The Morgan fingerprint density at radius 3 is 2.70 bits per heavy atom. The van der Waals surface area contributed by atoms with E-state index in [-0.39, 0.29) is 24.0 Å². The molecule has 0 aliphatic carbocycles. The minimum absolute atomic E-state index is 0.0145. The van der Waals surface area contributed by atoms with Crippen molar-refractivity contribution in [3.8, 4) is 5.75 Å². The molecule has 27 heavy (non-hydrogen) atoms. The van der Waals surface area contributed by atoms with Gasteiger partial charge in [0.15, 0.2) is 5.76 Å². The van der Waals surface area contributed by atoms with Crippen LogP contribution in [-0.4, -0.2) is 20.6 Å². The van der Waals surface area contributed by atoms with E-state index in [2.05, 4.69) is 26.3 Å². The van der Waals surface area contributed by atoms with Gasteiger partial charge in [-0.15, -0.1) is 0 Å². The minimum atomic E-state index is -0.481. The van der Waals surface area contributed by atoms with Gasteiger partial charge < -0.3 is 14.5 Å². The largest absolute Gasteiger partial charge is 0.486 e. The number of halogens is 1. The average Bonchev–Trinajstić information content (AvgIpc) is 3.25. The predicted molar refractivity (Wildman–Crippen MR) is 98.2 cm³/mol. The number of ether oxygens (including phenoxy) is 1. The number of hydrogen-bond acceptors (Lipinski definition) is 6. The third kappa shape index (κ3) is 4.53. The van der Waals surface area contributed by atoms with Crippen molar-refractivity contribution in [2.24, 2.45) is 7.05 Å². The van der Waals surface area contributed by atoms with E-state index in [0.717, 1.165) is 10.2 Å². The normalized spacial score (nSPS) is 10.6. The van der Waals surface area contributed by atoms with Crippen LogP contribution >= 0.6 is 15.9 Å². The van der Waals surface area contributed by atoms with Crippen molar-refractivity contribution in [2.45, 2.75) is 13.2 Å². The maximum absolute atomic E-state index is 12.2. The standard InChI is InChI=1S/C17H15BrN4O5/c1-21-15(14(18)8-20-21)9-19-17(23)16-7-6-13(27-16)10-26-12-4-2-11(3-5-12)22(24)25/h2-8H,9-10H2,1H3,(H,19,23). The Morgan fingerprint density at radius 1 is 1.33 bits per heavy atom. The Labute approximate surface area is 162 Å². The molecule has 1 N–H and O–H groups in total. The Hall–Kier alpha value is -3.14. The van der Waals surface area contributed by atoms with Gasteiger partial charge in [-0.2, -0.15) is 5.10 Å². The first kappa shape index (κ1) is 18.6. The van der Waals surface area contributed by atoms with Crippen molar-refractivity contribution in [3.63, 3.8) is 0 Å².